The molecule has 0 aromatic rings. The van der Waals surface area contributed by atoms with Crippen LogP contribution in [0.3, 0.4) is 0 Å². The molecule has 0 rings (SSSR count). The number of esters is 2. The van der Waals surface area contributed by atoms with Crippen molar-refractivity contribution in [1.29, 1.82) is 0 Å². The van der Waals surface area contributed by atoms with Crippen LogP contribution in [0.2, 0.25) is 0 Å². The van der Waals surface area contributed by atoms with Crippen molar-refractivity contribution in [3.8, 4) is 0 Å². The molecule has 2 atom stereocenters. The molecule has 0 fully saturated rings. The number of rotatable bonds is 60. The third-order valence-corrected chi connectivity index (χ3v) is 14.5. The summed E-state index contributed by atoms with van der Waals surface area (Å²) >= 11 is 0. The lowest BCUT2D eigenvalue weighted by molar-refractivity contribution is -0.870. The van der Waals surface area contributed by atoms with E-state index in [1.54, 1.807) is 0 Å². The van der Waals surface area contributed by atoms with Gasteiger partial charge in [0.05, 0.1) is 40.3 Å². The van der Waals surface area contributed by atoms with Crippen LogP contribution in [-0.4, -0.2) is 82.3 Å². The molecule has 0 saturated heterocycles. The summed E-state index contributed by atoms with van der Waals surface area (Å²) in [5.74, 6) is -2.27. The lowest BCUT2D eigenvalue weighted by Crippen LogP contribution is -2.44. The molecule has 0 aromatic heterocycles. The second-order valence-electron chi connectivity index (χ2n) is 23.1. The minimum absolute atomic E-state index is 0.149. The molecule has 73 heavy (non-hydrogen) atoms. The molecule has 0 spiro atoms. The van der Waals surface area contributed by atoms with Crippen LogP contribution >= 0.6 is 0 Å². The SMILES string of the molecule is CCCCCC/C=C\CCCCCCCC(=O)OC(COC(=O)CCCCCCCCCCCCCCCCCCCCCCCCCCCCCCCCCCCCC)COC(OCC[N+](C)(C)C)C(=O)[O-]. The van der Waals surface area contributed by atoms with Crippen LogP contribution in [0.4, 0.5) is 0 Å². The van der Waals surface area contributed by atoms with E-state index in [1.807, 2.05) is 21.1 Å². The van der Waals surface area contributed by atoms with E-state index in [-0.39, 0.29) is 32.2 Å². The predicted molar refractivity (Wildman–Crippen MR) is 307 cm³/mol. The molecular weight excluding hydrogens is 911 g/mol. The van der Waals surface area contributed by atoms with Crippen molar-refractivity contribution in [1.82, 2.24) is 0 Å². The predicted octanol–water partition coefficient (Wildman–Crippen LogP) is 17.6. The van der Waals surface area contributed by atoms with Crippen LogP contribution in [0.25, 0.3) is 0 Å². The standard InChI is InChI=1S/C64H123NO8/c1-6-8-10-12-14-16-18-20-21-22-23-24-25-26-27-28-29-30-31-32-33-34-35-36-37-38-39-40-41-43-44-46-48-50-52-54-61(66)71-58-60(59-72-64(63(68)69)70-57-56-65(3,4)5)73-62(67)55-53-51-49-47-45-42-19-17-15-13-11-9-7-2/h17,19,60,64H,6-16,18,20-59H2,1-5H3/b19-17-. The van der Waals surface area contributed by atoms with Gasteiger partial charge in [-0.05, 0) is 38.5 Å². The van der Waals surface area contributed by atoms with E-state index in [0.717, 1.165) is 51.4 Å². The molecule has 9 nitrogen and oxygen atoms in total. The first-order valence-electron chi connectivity index (χ1n) is 31.8. The smallest absolute Gasteiger partial charge is 0.306 e. The van der Waals surface area contributed by atoms with Gasteiger partial charge in [0.1, 0.15) is 13.2 Å². The van der Waals surface area contributed by atoms with E-state index in [1.165, 1.54) is 238 Å². The number of quaternary nitrogens is 1. The molecule has 0 aliphatic heterocycles. The van der Waals surface area contributed by atoms with Crippen molar-refractivity contribution in [2.75, 3.05) is 47.5 Å². The van der Waals surface area contributed by atoms with Crippen LogP contribution in [0.15, 0.2) is 12.2 Å². The average Bonchev–Trinajstić information content (AvgIpc) is 3.36. The van der Waals surface area contributed by atoms with Crippen LogP contribution in [-0.2, 0) is 33.3 Å². The summed E-state index contributed by atoms with van der Waals surface area (Å²) in [5, 5.41) is 11.8. The van der Waals surface area contributed by atoms with E-state index in [0.29, 0.717) is 23.9 Å². The summed E-state index contributed by atoms with van der Waals surface area (Å²) in [6.07, 6.45) is 63.1. The lowest BCUT2D eigenvalue weighted by atomic mass is 10.0. The molecule has 0 bridgehead atoms. The quantitative estimate of drug-likeness (QED) is 0.0195. The van der Waals surface area contributed by atoms with Crippen molar-refractivity contribution >= 4 is 17.9 Å². The second-order valence-corrected chi connectivity index (χ2v) is 23.1. The number of carboxylic acids is 1. The lowest BCUT2D eigenvalue weighted by Gasteiger charge is -2.26. The minimum atomic E-state index is -1.62. The number of nitrogens with zero attached hydrogens (tertiary/aromatic N) is 1. The minimum Gasteiger partial charge on any atom is -0.545 e. The van der Waals surface area contributed by atoms with Gasteiger partial charge in [-0.25, -0.2) is 0 Å². The van der Waals surface area contributed by atoms with Crippen LogP contribution in [0, 0.1) is 0 Å². The van der Waals surface area contributed by atoms with E-state index < -0.39 is 24.3 Å². The Balaban J connectivity index is 3.93. The number of hydrogen-bond acceptors (Lipinski definition) is 8. The van der Waals surface area contributed by atoms with Gasteiger partial charge in [-0.1, -0.05) is 283 Å². The summed E-state index contributed by atoms with van der Waals surface area (Å²) in [7, 11) is 5.93. The second kappa shape index (κ2) is 56.2. The fourth-order valence-corrected chi connectivity index (χ4v) is 9.59. The summed E-state index contributed by atoms with van der Waals surface area (Å²) in [6, 6.07) is 0. The number of ether oxygens (including phenoxy) is 4. The molecule has 0 radical (unpaired) electrons. The first-order valence-corrected chi connectivity index (χ1v) is 31.8. The summed E-state index contributed by atoms with van der Waals surface area (Å²) in [4.78, 5) is 37.2. The molecule has 0 heterocycles. The summed E-state index contributed by atoms with van der Waals surface area (Å²) < 4.78 is 22.7. The highest BCUT2D eigenvalue weighted by atomic mass is 16.7. The first kappa shape index (κ1) is 71.0. The van der Waals surface area contributed by atoms with Gasteiger partial charge in [0, 0.05) is 12.8 Å². The van der Waals surface area contributed by atoms with E-state index in [2.05, 4.69) is 26.0 Å². The fourth-order valence-electron chi connectivity index (χ4n) is 9.59. The molecule has 0 N–H and O–H groups in total. The number of carbonyl (C=O) groups excluding carboxylic acids is 3. The molecule has 0 aliphatic carbocycles. The van der Waals surface area contributed by atoms with E-state index in [4.69, 9.17) is 18.9 Å². The Kier molecular flexibility index (Phi) is 54.7. The maximum Gasteiger partial charge on any atom is 0.306 e. The maximum absolute atomic E-state index is 12.8. The molecule has 432 valence electrons. The van der Waals surface area contributed by atoms with Gasteiger partial charge in [-0.15, -0.1) is 0 Å². The van der Waals surface area contributed by atoms with Crippen molar-refractivity contribution in [2.45, 2.75) is 334 Å². The maximum atomic E-state index is 12.8. The normalized spacial score (nSPS) is 12.7. The number of carbonyl (C=O) groups is 3. The van der Waals surface area contributed by atoms with E-state index in [9.17, 15) is 19.5 Å². The summed E-state index contributed by atoms with van der Waals surface area (Å²) in [5.41, 5.74) is 0. The zero-order valence-corrected chi connectivity index (χ0v) is 49.3. The van der Waals surface area contributed by atoms with Gasteiger partial charge in [-0.3, -0.25) is 9.59 Å². The Morgan fingerprint density at radius 2 is 0.699 bits per heavy atom. The van der Waals surface area contributed by atoms with Gasteiger partial charge in [0.2, 0.25) is 0 Å². The molecule has 0 aliphatic rings. The van der Waals surface area contributed by atoms with Crippen molar-refractivity contribution in [3.63, 3.8) is 0 Å². The molecule has 9 heteroatoms. The zero-order chi connectivity index (χ0) is 53.4. The molecule has 0 amide bonds. The highest BCUT2D eigenvalue weighted by molar-refractivity contribution is 5.70. The Morgan fingerprint density at radius 1 is 0.397 bits per heavy atom. The molecule has 0 saturated carbocycles. The Morgan fingerprint density at radius 3 is 1.03 bits per heavy atom. The third kappa shape index (κ3) is 57.6. The fraction of sp³-hybridized carbons (Fsp3) is 0.922. The van der Waals surface area contributed by atoms with Gasteiger partial charge < -0.3 is 33.3 Å². The average molecular weight is 1030 g/mol. The topological polar surface area (TPSA) is 111 Å². The van der Waals surface area contributed by atoms with Crippen LogP contribution in [0.1, 0.15) is 322 Å². The van der Waals surface area contributed by atoms with Gasteiger partial charge in [0.15, 0.2) is 12.4 Å². The highest BCUT2D eigenvalue weighted by Crippen LogP contribution is 2.18. The van der Waals surface area contributed by atoms with E-state index >= 15 is 0 Å². The van der Waals surface area contributed by atoms with Crippen molar-refractivity contribution in [2.24, 2.45) is 0 Å². The third-order valence-electron chi connectivity index (χ3n) is 14.5. The zero-order valence-electron chi connectivity index (χ0n) is 49.3. The molecule has 2 unspecified atom stereocenters. The monoisotopic (exact) mass is 1030 g/mol. The number of aliphatic carboxylic acids is 1. The van der Waals surface area contributed by atoms with Crippen molar-refractivity contribution in [3.05, 3.63) is 12.2 Å². The Labute approximate surface area is 453 Å². The number of allylic oxidation sites excluding steroid dienone is 2. The van der Waals surface area contributed by atoms with Crippen LogP contribution in [0.5, 0.6) is 0 Å². The van der Waals surface area contributed by atoms with Gasteiger partial charge >= 0.3 is 11.9 Å². The summed E-state index contributed by atoms with van der Waals surface area (Å²) in [6.45, 7) is 4.77. The van der Waals surface area contributed by atoms with Gasteiger partial charge in [0.25, 0.3) is 0 Å². The Hall–Kier alpha value is -1.97. The largest absolute Gasteiger partial charge is 0.545 e. The molecule has 0 aromatic carbocycles. The highest BCUT2D eigenvalue weighted by Gasteiger charge is 2.22. The number of hydrogen-bond donors (Lipinski definition) is 0. The Bertz CT molecular complexity index is 1200. The number of unbranched alkanes of at least 4 members (excludes halogenated alkanes) is 43. The first-order chi connectivity index (χ1) is 35.6. The van der Waals surface area contributed by atoms with Crippen LogP contribution < -0.4 is 5.11 Å². The number of carboxylic acid groups (broad SMARTS) is 1. The van der Waals surface area contributed by atoms with Gasteiger partial charge in [-0.2, -0.15) is 0 Å². The molecular formula is C64H123NO8. The number of likely N-dealkylation sites (N-methyl/N-ethyl adjacent to an activating group) is 1. The van der Waals surface area contributed by atoms with Crippen molar-refractivity contribution < 1.29 is 42.9 Å².